The molecule has 0 aromatic carbocycles. The lowest BCUT2D eigenvalue weighted by molar-refractivity contribution is -0.136. The second kappa shape index (κ2) is 9.06. The van der Waals surface area contributed by atoms with Gasteiger partial charge in [-0.25, -0.2) is 15.0 Å². The zero-order chi connectivity index (χ0) is 20.9. The van der Waals surface area contributed by atoms with E-state index in [0.29, 0.717) is 43.6 Å². The maximum absolute atomic E-state index is 13.2. The van der Waals surface area contributed by atoms with Crippen molar-refractivity contribution in [1.29, 1.82) is 0 Å². The van der Waals surface area contributed by atoms with Crippen LogP contribution in [0.2, 0.25) is 0 Å². The lowest BCUT2D eigenvalue weighted by Crippen LogP contribution is -2.53. The molecule has 0 unspecified atom stereocenters. The minimum Gasteiger partial charge on any atom is -0.481 e. The third kappa shape index (κ3) is 4.34. The first kappa shape index (κ1) is 20.1. The number of nitrogens with zero attached hydrogens (tertiary/aromatic N) is 5. The van der Waals surface area contributed by atoms with E-state index >= 15 is 0 Å². The number of aromatic nitrogens is 3. The second-order valence-electron chi connectivity index (χ2n) is 7.57. The zero-order valence-corrected chi connectivity index (χ0v) is 17.0. The molecule has 2 aromatic rings. The summed E-state index contributed by atoms with van der Waals surface area (Å²) in [5.74, 6) is 0.893. The van der Waals surface area contributed by atoms with Gasteiger partial charge < -0.3 is 19.9 Å². The van der Waals surface area contributed by atoms with Crippen molar-refractivity contribution < 1.29 is 14.3 Å². The highest BCUT2D eigenvalue weighted by atomic mass is 16.5. The quantitative estimate of drug-likeness (QED) is 0.788. The molecular formula is C21H26N6O3. The largest absolute Gasteiger partial charge is 0.481 e. The van der Waals surface area contributed by atoms with E-state index in [2.05, 4.69) is 25.2 Å². The lowest BCUT2D eigenvalue weighted by atomic mass is 10.0. The Morgan fingerprint density at radius 1 is 1.07 bits per heavy atom. The number of pyridine rings is 1. The summed E-state index contributed by atoms with van der Waals surface area (Å²) in [6.07, 6.45) is 7.48. The third-order valence-corrected chi connectivity index (χ3v) is 5.78. The van der Waals surface area contributed by atoms with Crippen molar-refractivity contribution in [2.45, 2.75) is 25.3 Å². The molecule has 1 aliphatic heterocycles. The lowest BCUT2D eigenvalue weighted by Gasteiger charge is -2.36. The number of carbonyl (C=O) groups excluding carboxylic acids is 2. The molecule has 1 N–H and O–H groups in total. The fourth-order valence-corrected chi connectivity index (χ4v) is 4.13. The molecule has 3 heterocycles. The van der Waals surface area contributed by atoms with Crippen LogP contribution in [0.15, 0.2) is 36.8 Å². The van der Waals surface area contributed by atoms with Gasteiger partial charge >= 0.3 is 0 Å². The second-order valence-corrected chi connectivity index (χ2v) is 7.57. The number of ether oxygens (including phenoxy) is 1. The van der Waals surface area contributed by atoms with Gasteiger partial charge in [-0.15, -0.1) is 0 Å². The van der Waals surface area contributed by atoms with E-state index in [-0.39, 0.29) is 23.8 Å². The Morgan fingerprint density at radius 2 is 1.83 bits per heavy atom. The van der Waals surface area contributed by atoms with Crippen LogP contribution in [-0.4, -0.2) is 71.0 Å². The molecule has 4 rings (SSSR count). The van der Waals surface area contributed by atoms with Crippen LogP contribution in [0.25, 0.3) is 0 Å². The summed E-state index contributed by atoms with van der Waals surface area (Å²) in [5, 5.41) is 3.04. The minimum absolute atomic E-state index is 0.124. The van der Waals surface area contributed by atoms with E-state index in [4.69, 9.17) is 4.74 Å². The number of hydrogen-bond acceptors (Lipinski definition) is 7. The summed E-state index contributed by atoms with van der Waals surface area (Å²) in [7, 11) is 1.53. The average molecular weight is 410 g/mol. The molecule has 0 radical (unpaired) electrons. The van der Waals surface area contributed by atoms with Crippen LogP contribution in [-0.2, 0) is 4.79 Å². The summed E-state index contributed by atoms with van der Waals surface area (Å²) < 4.78 is 5.03. The number of methoxy groups -OCH3 is 1. The fourth-order valence-electron chi connectivity index (χ4n) is 4.13. The molecule has 2 amide bonds. The molecule has 2 aromatic heterocycles. The molecule has 1 saturated carbocycles. The molecule has 30 heavy (non-hydrogen) atoms. The van der Waals surface area contributed by atoms with E-state index in [9.17, 15) is 9.59 Å². The van der Waals surface area contributed by atoms with Crippen molar-refractivity contribution in [3.63, 3.8) is 0 Å². The van der Waals surface area contributed by atoms with Crippen molar-refractivity contribution >= 4 is 17.8 Å². The smallest absolute Gasteiger partial charge is 0.253 e. The minimum atomic E-state index is -0.208. The van der Waals surface area contributed by atoms with Crippen LogP contribution < -0.4 is 15.0 Å². The van der Waals surface area contributed by atoms with Crippen LogP contribution in [0.4, 0.5) is 5.95 Å². The van der Waals surface area contributed by atoms with E-state index < -0.39 is 0 Å². The standard InChI is InChI=1S/C21H26N6O3/c1-30-18-7-6-15(14-24-18)19(28)25-17-5-2-4-16(17)20(29)26-10-12-27(13-11-26)21-22-8-3-9-23-21/h3,6-9,14,16-17H,2,4-5,10-13H2,1H3,(H,25,28)/t16-,17+/m0/s1. The predicted octanol–water partition coefficient (Wildman–Crippen LogP) is 1.13. The van der Waals surface area contributed by atoms with E-state index in [1.165, 1.54) is 13.3 Å². The first-order valence-electron chi connectivity index (χ1n) is 10.3. The van der Waals surface area contributed by atoms with Crippen molar-refractivity contribution in [2.75, 3.05) is 38.2 Å². The zero-order valence-electron chi connectivity index (χ0n) is 17.0. The summed E-state index contributed by atoms with van der Waals surface area (Å²) >= 11 is 0. The van der Waals surface area contributed by atoms with E-state index in [1.54, 1.807) is 30.6 Å². The van der Waals surface area contributed by atoms with Gasteiger partial charge in [0.2, 0.25) is 17.7 Å². The highest BCUT2D eigenvalue weighted by molar-refractivity contribution is 5.94. The molecule has 1 aliphatic carbocycles. The van der Waals surface area contributed by atoms with Crippen molar-refractivity contribution in [3.8, 4) is 5.88 Å². The summed E-state index contributed by atoms with van der Waals surface area (Å²) in [6, 6.07) is 4.97. The van der Waals surface area contributed by atoms with Crippen molar-refractivity contribution in [2.24, 2.45) is 5.92 Å². The first-order chi connectivity index (χ1) is 14.7. The SMILES string of the molecule is COc1ccc(C(=O)N[C@@H]2CCC[C@@H]2C(=O)N2CCN(c3ncccn3)CC2)cn1. The third-order valence-electron chi connectivity index (χ3n) is 5.78. The highest BCUT2D eigenvalue weighted by Gasteiger charge is 2.37. The van der Waals surface area contributed by atoms with Gasteiger partial charge in [0.1, 0.15) is 0 Å². The van der Waals surface area contributed by atoms with Gasteiger partial charge in [-0.05, 0) is 25.0 Å². The molecule has 9 heteroatoms. The molecule has 2 atom stereocenters. The molecule has 0 spiro atoms. The molecule has 158 valence electrons. The van der Waals surface area contributed by atoms with Crippen molar-refractivity contribution in [3.05, 3.63) is 42.4 Å². The van der Waals surface area contributed by atoms with Gasteiger partial charge in [-0.1, -0.05) is 6.42 Å². The van der Waals surface area contributed by atoms with Gasteiger partial charge in [0.05, 0.1) is 18.6 Å². The Kier molecular flexibility index (Phi) is 6.06. The number of carbonyl (C=O) groups is 2. The average Bonchev–Trinajstić information content (AvgIpc) is 3.27. The molecule has 1 saturated heterocycles. The van der Waals surface area contributed by atoms with Gasteiger partial charge in [0.15, 0.2) is 0 Å². The van der Waals surface area contributed by atoms with Crippen LogP contribution in [0.1, 0.15) is 29.6 Å². The summed E-state index contributed by atoms with van der Waals surface area (Å²) in [4.78, 5) is 42.4. The molecule has 2 aliphatic rings. The summed E-state index contributed by atoms with van der Waals surface area (Å²) in [6.45, 7) is 2.68. The molecule has 2 fully saturated rings. The Labute approximate surface area is 175 Å². The fraction of sp³-hybridized carbons (Fsp3) is 0.476. The summed E-state index contributed by atoms with van der Waals surface area (Å²) in [5.41, 5.74) is 0.463. The van der Waals surface area contributed by atoms with Crippen LogP contribution in [0, 0.1) is 5.92 Å². The number of rotatable bonds is 5. The Morgan fingerprint density at radius 3 is 2.50 bits per heavy atom. The topological polar surface area (TPSA) is 101 Å². The van der Waals surface area contributed by atoms with E-state index in [0.717, 1.165) is 19.3 Å². The number of piperazine rings is 1. The maximum atomic E-state index is 13.2. The Hall–Kier alpha value is -3.23. The van der Waals surface area contributed by atoms with Gasteiger partial charge in [-0.2, -0.15) is 0 Å². The normalized spacial score (nSPS) is 21.4. The van der Waals surface area contributed by atoms with Gasteiger partial charge in [0.25, 0.3) is 5.91 Å². The number of amides is 2. The number of nitrogens with one attached hydrogen (secondary N) is 1. The van der Waals surface area contributed by atoms with Gasteiger partial charge in [-0.3, -0.25) is 9.59 Å². The predicted molar refractivity (Wildman–Crippen MR) is 110 cm³/mol. The maximum Gasteiger partial charge on any atom is 0.253 e. The van der Waals surface area contributed by atoms with Gasteiger partial charge in [0, 0.05) is 56.9 Å². The molecule has 9 nitrogen and oxygen atoms in total. The monoisotopic (exact) mass is 410 g/mol. The van der Waals surface area contributed by atoms with E-state index in [1.807, 2.05) is 4.90 Å². The first-order valence-corrected chi connectivity index (χ1v) is 10.3. The van der Waals surface area contributed by atoms with Crippen LogP contribution in [0.5, 0.6) is 5.88 Å². The Bertz CT molecular complexity index is 868. The van der Waals surface area contributed by atoms with Crippen LogP contribution in [0.3, 0.4) is 0 Å². The molecular weight excluding hydrogens is 384 g/mol. The molecule has 0 bridgehead atoms. The Balaban J connectivity index is 1.34. The highest BCUT2D eigenvalue weighted by Crippen LogP contribution is 2.28. The number of anilines is 1. The number of hydrogen-bond donors (Lipinski definition) is 1. The van der Waals surface area contributed by atoms with Crippen molar-refractivity contribution in [1.82, 2.24) is 25.2 Å². The van der Waals surface area contributed by atoms with Crippen LogP contribution >= 0.6 is 0 Å².